The van der Waals surface area contributed by atoms with Crippen LogP contribution in [0.5, 0.6) is 5.75 Å². The summed E-state index contributed by atoms with van der Waals surface area (Å²) in [5, 5.41) is 3.32. The second-order valence-electron chi connectivity index (χ2n) is 3.98. The predicted molar refractivity (Wildman–Crippen MR) is 68.9 cm³/mol. The summed E-state index contributed by atoms with van der Waals surface area (Å²) < 4.78 is 44.9. The van der Waals surface area contributed by atoms with Crippen molar-refractivity contribution in [2.45, 2.75) is 6.61 Å². The Morgan fingerprint density at radius 1 is 1.05 bits per heavy atom. The molecule has 2 N–H and O–H groups in total. The first-order valence-electron chi connectivity index (χ1n) is 5.69. The normalized spacial score (nSPS) is 10.9. The molecule has 6 heteroatoms. The molecule has 3 nitrogen and oxygen atoms in total. The van der Waals surface area contributed by atoms with E-state index in [0.29, 0.717) is 5.56 Å². The van der Waals surface area contributed by atoms with Crippen molar-refractivity contribution in [1.29, 1.82) is 0 Å². The van der Waals surface area contributed by atoms with E-state index < -0.39 is 17.5 Å². The molecule has 2 aromatic rings. The fourth-order valence-corrected chi connectivity index (χ4v) is 1.63. The summed E-state index contributed by atoms with van der Waals surface area (Å²) in [7, 11) is 0. The van der Waals surface area contributed by atoms with Gasteiger partial charge in [-0.3, -0.25) is 0 Å². The molecule has 0 heterocycles. The number of hydrogen-bond donors (Lipinski definition) is 1. The molecular formula is C14H11F3N2O. The Labute approximate surface area is 113 Å². The van der Waals surface area contributed by atoms with Gasteiger partial charge < -0.3 is 10.6 Å². The Kier molecular flexibility index (Phi) is 4.24. The molecular weight excluding hydrogens is 269 g/mol. The van der Waals surface area contributed by atoms with Crippen LogP contribution in [0.4, 0.5) is 13.2 Å². The maximum atomic E-state index is 13.4. The molecule has 0 saturated carbocycles. The number of ether oxygens (including phenoxy) is 1. The quantitative estimate of drug-likeness (QED) is 0.531. The highest BCUT2D eigenvalue weighted by molar-refractivity contribution is 5.83. The van der Waals surface area contributed by atoms with E-state index in [0.717, 1.165) is 24.3 Å². The minimum absolute atomic E-state index is 0.0323. The van der Waals surface area contributed by atoms with Crippen LogP contribution in [0.25, 0.3) is 0 Å². The summed E-state index contributed by atoms with van der Waals surface area (Å²) in [4.78, 5) is 0. The van der Waals surface area contributed by atoms with Gasteiger partial charge in [0.05, 0.1) is 6.21 Å². The Bertz CT molecular complexity index is 644. The fraction of sp³-hybridized carbons (Fsp3) is 0.0714. The summed E-state index contributed by atoms with van der Waals surface area (Å²) in [5.74, 6) is 3.48. The Morgan fingerprint density at radius 2 is 1.75 bits per heavy atom. The topological polar surface area (TPSA) is 47.6 Å². The molecule has 104 valence electrons. The lowest BCUT2D eigenvalue weighted by Gasteiger charge is -2.10. The van der Waals surface area contributed by atoms with Gasteiger partial charge >= 0.3 is 0 Å². The molecule has 0 bridgehead atoms. The predicted octanol–water partition coefficient (Wildman–Crippen LogP) is 2.98. The van der Waals surface area contributed by atoms with Gasteiger partial charge in [-0.1, -0.05) is 0 Å². The third-order valence-corrected chi connectivity index (χ3v) is 2.58. The van der Waals surface area contributed by atoms with Crippen LogP contribution in [0.3, 0.4) is 0 Å². The van der Waals surface area contributed by atoms with Gasteiger partial charge in [-0.05, 0) is 30.3 Å². The van der Waals surface area contributed by atoms with Gasteiger partial charge in [0.2, 0.25) is 0 Å². The summed E-state index contributed by atoms with van der Waals surface area (Å²) in [6.45, 7) is -0.238. The van der Waals surface area contributed by atoms with Crippen molar-refractivity contribution in [3.63, 3.8) is 0 Å². The number of nitrogens with two attached hydrogens (primary N) is 1. The van der Waals surface area contributed by atoms with Crippen molar-refractivity contribution in [2.24, 2.45) is 10.9 Å². The third-order valence-electron chi connectivity index (χ3n) is 2.58. The van der Waals surface area contributed by atoms with E-state index in [1.807, 2.05) is 0 Å². The maximum Gasteiger partial charge on any atom is 0.131 e. The van der Waals surface area contributed by atoms with E-state index >= 15 is 0 Å². The number of nitrogens with zero attached hydrogens (tertiary/aromatic N) is 1. The molecule has 0 aliphatic rings. The van der Waals surface area contributed by atoms with Gasteiger partial charge in [-0.15, -0.1) is 0 Å². The van der Waals surface area contributed by atoms with Crippen molar-refractivity contribution < 1.29 is 17.9 Å². The van der Waals surface area contributed by atoms with Crippen LogP contribution in [-0.2, 0) is 6.61 Å². The van der Waals surface area contributed by atoms with E-state index in [-0.39, 0.29) is 17.9 Å². The van der Waals surface area contributed by atoms with Crippen molar-refractivity contribution >= 4 is 6.21 Å². The van der Waals surface area contributed by atoms with Gasteiger partial charge in [-0.25, -0.2) is 13.2 Å². The average molecular weight is 280 g/mol. The van der Waals surface area contributed by atoms with E-state index in [2.05, 4.69) is 5.10 Å². The molecule has 0 spiro atoms. The first kappa shape index (κ1) is 13.9. The molecule has 2 aromatic carbocycles. The number of hydrogen-bond acceptors (Lipinski definition) is 3. The van der Waals surface area contributed by atoms with Gasteiger partial charge in [0, 0.05) is 17.2 Å². The van der Waals surface area contributed by atoms with Gasteiger partial charge in [0.15, 0.2) is 0 Å². The minimum Gasteiger partial charge on any atom is -0.488 e. The lowest BCUT2D eigenvalue weighted by atomic mass is 10.2. The zero-order valence-corrected chi connectivity index (χ0v) is 10.3. The fourth-order valence-electron chi connectivity index (χ4n) is 1.63. The molecule has 0 saturated heterocycles. The van der Waals surface area contributed by atoms with E-state index in [1.165, 1.54) is 18.3 Å². The van der Waals surface area contributed by atoms with Crippen LogP contribution in [0.1, 0.15) is 11.1 Å². The van der Waals surface area contributed by atoms with E-state index in [4.69, 9.17) is 10.6 Å². The second kappa shape index (κ2) is 6.10. The van der Waals surface area contributed by atoms with Crippen LogP contribution >= 0.6 is 0 Å². The van der Waals surface area contributed by atoms with Crippen molar-refractivity contribution in [2.75, 3.05) is 0 Å². The van der Waals surface area contributed by atoms with Crippen molar-refractivity contribution in [3.05, 3.63) is 65.0 Å². The van der Waals surface area contributed by atoms with Crippen molar-refractivity contribution in [3.8, 4) is 5.75 Å². The largest absolute Gasteiger partial charge is 0.488 e. The molecule has 0 unspecified atom stereocenters. The highest BCUT2D eigenvalue weighted by atomic mass is 19.1. The van der Waals surface area contributed by atoms with Crippen LogP contribution in [0, 0.1) is 17.5 Å². The highest BCUT2D eigenvalue weighted by Gasteiger charge is 2.08. The van der Waals surface area contributed by atoms with Gasteiger partial charge in [0.1, 0.15) is 29.8 Å². The van der Waals surface area contributed by atoms with Crippen LogP contribution in [0.15, 0.2) is 41.5 Å². The average Bonchev–Trinajstić information content (AvgIpc) is 2.42. The number of hydrazone groups is 1. The molecule has 20 heavy (non-hydrogen) atoms. The Morgan fingerprint density at radius 3 is 2.50 bits per heavy atom. The molecule has 0 aromatic heterocycles. The molecule has 0 radical (unpaired) electrons. The molecule has 0 amide bonds. The summed E-state index contributed by atoms with van der Waals surface area (Å²) in [5.41, 5.74) is 0.468. The van der Waals surface area contributed by atoms with E-state index in [9.17, 15) is 13.2 Å². The number of halogens is 3. The minimum atomic E-state index is -0.600. The van der Waals surface area contributed by atoms with Gasteiger partial charge in [0.25, 0.3) is 0 Å². The molecule has 0 aliphatic heterocycles. The zero-order valence-electron chi connectivity index (χ0n) is 10.3. The standard InChI is InChI=1S/C14H11F3N2O/c15-11-3-4-13(17)10(5-11)8-20-14-6-12(16)2-1-9(14)7-19-18/h1-7H,8,18H2. The van der Waals surface area contributed by atoms with Crippen molar-refractivity contribution in [1.82, 2.24) is 0 Å². The summed E-state index contributed by atoms with van der Waals surface area (Å²) in [6, 6.07) is 6.78. The van der Waals surface area contributed by atoms with Crippen LogP contribution in [-0.4, -0.2) is 6.21 Å². The summed E-state index contributed by atoms with van der Waals surface area (Å²) in [6.07, 6.45) is 1.27. The number of rotatable bonds is 4. The van der Waals surface area contributed by atoms with Gasteiger partial charge in [-0.2, -0.15) is 5.10 Å². The first-order valence-corrected chi connectivity index (χ1v) is 5.69. The third kappa shape index (κ3) is 3.28. The molecule has 2 rings (SSSR count). The lowest BCUT2D eigenvalue weighted by molar-refractivity contribution is 0.297. The van der Waals surface area contributed by atoms with Crippen LogP contribution in [0.2, 0.25) is 0 Å². The highest BCUT2D eigenvalue weighted by Crippen LogP contribution is 2.20. The zero-order chi connectivity index (χ0) is 14.5. The Balaban J connectivity index is 2.22. The Hall–Kier alpha value is -2.50. The summed E-state index contributed by atoms with van der Waals surface area (Å²) >= 11 is 0. The van der Waals surface area contributed by atoms with Crippen LogP contribution < -0.4 is 10.6 Å². The lowest BCUT2D eigenvalue weighted by Crippen LogP contribution is -2.02. The maximum absolute atomic E-state index is 13.4. The molecule has 0 aliphatic carbocycles. The molecule has 0 atom stereocenters. The van der Waals surface area contributed by atoms with E-state index in [1.54, 1.807) is 0 Å². The molecule has 0 fully saturated rings. The second-order valence-corrected chi connectivity index (χ2v) is 3.98. The monoisotopic (exact) mass is 280 g/mol. The smallest absolute Gasteiger partial charge is 0.131 e. The number of benzene rings is 2. The first-order chi connectivity index (χ1) is 9.60. The SMILES string of the molecule is NN=Cc1ccc(F)cc1OCc1cc(F)ccc1F.